The second-order valence-corrected chi connectivity index (χ2v) is 11.6. The largest absolute Gasteiger partial charge is 4.00 e. The van der Waals surface area contributed by atoms with Crippen LogP contribution in [0.25, 0.3) is 22.4 Å². The third-order valence-electron chi connectivity index (χ3n) is 7.99. The standard InChI is InChI=1S/C37H28N4O2.C6H4N.2Pt/c1-39-19-20-41(27-39)31-10-8-14-35(25-31)43-36-23-30(21-32(26-36)40-17-5-6-18-40)37-24-29(15-16-38-37)28-9-7-13-34(22-28)42-33-11-3-2-4-12-33;1-2-7-5-3-4-6-7;;/h2-4,7-11,13-14,16,19-21,24,26-27H,5-6,17-18H2,1H3;3-6H;;/q-6;-1;;+4. The van der Waals surface area contributed by atoms with Crippen molar-refractivity contribution in [1.82, 2.24) is 14.5 Å². The first-order valence-electron chi connectivity index (χ1n) is 16.3. The topological polar surface area (TPSA) is 46.0 Å². The number of ether oxygens (including phenoxy) is 2. The summed E-state index contributed by atoms with van der Waals surface area (Å²) in [6, 6.07) is 47.8. The van der Waals surface area contributed by atoms with E-state index < -0.39 is 0 Å². The van der Waals surface area contributed by atoms with Crippen molar-refractivity contribution in [3.05, 3.63) is 165 Å². The molecular weight excluding hydrogens is 1010 g/mol. The number of rotatable bonds is 8. The van der Waals surface area contributed by atoms with Crippen molar-refractivity contribution in [2.24, 2.45) is 0 Å². The Morgan fingerprint density at radius 2 is 1.48 bits per heavy atom. The van der Waals surface area contributed by atoms with Gasteiger partial charge in [0.05, 0.1) is 0 Å². The van der Waals surface area contributed by atoms with E-state index in [1.54, 1.807) is 23.2 Å². The summed E-state index contributed by atoms with van der Waals surface area (Å²) in [5, 5.41) is 0. The Balaban J connectivity index is 0.000000523. The van der Waals surface area contributed by atoms with Crippen molar-refractivity contribution in [1.29, 1.82) is 0 Å². The van der Waals surface area contributed by atoms with Gasteiger partial charge in [0.15, 0.2) is 0 Å². The van der Waals surface area contributed by atoms with Gasteiger partial charge < -0.3 is 40.1 Å². The molecule has 4 heterocycles. The van der Waals surface area contributed by atoms with Crippen molar-refractivity contribution in [3.8, 4) is 51.4 Å². The van der Waals surface area contributed by atoms with Crippen LogP contribution in [-0.2, 0) is 42.1 Å². The molecule has 2 aliphatic rings. The number of para-hydroxylation sites is 1. The van der Waals surface area contributed by atoms with Crippen LogP contribution < -0.4 is 19.3 Å². The van der Waals surface area contributed by atoms with Gasteiger partial charge in [0, 0.05) is 69.5 Å². The number of hydrogen-bond donors (Lipinski definition) is 0. The number of pyridine rings is 1. The molecule has 6 aromatic rings. The van der Waals surface area contributed by atoms with Crippen LogP contribution in [0, 0.1) is 49.5 Å². The summed E-state index contributed by atoms with van der Waals surface area (Å²) in [5.74, 6) is 2.48. The molecule has 8 rings (SSSR count). The Bertz CT molecular complexity index is 2110. The molecule has 1 saturated heterocycles. The quantitative estimate of drug-likeness (QED) is 0.112. The number of benzene rings is 4. The molecule has 1 fully saturated rings. The van der Waals surface area contributed by atoms with E-state index in [-0.39, 0.29) is 42.1 Å². The Kier molecular flexibility index (Phi) is 13.6. The Morgan fingerprint density at radius 3 is 2.19 bits per heavy atom. The molecule has 2 aromatic heterocycles. The Morgan fingerprint density at radius 1 is 0.750 bits per heavy atom. The Labute approximate surface area is 335 Å². The molecule has 0 N–H and O–H groups in total. The first-order chi connectivity index (χ1) is 24.6. The zero-order valence-electron chi connectivity index (χ0n) is 28.1. The maximum atomic E-state index is 6.57. The van der Waals surface area contributed by atoms with Crippen molar-refractivity contribution in [2.45, 2.75) is 12.8 Å². The number of anilines is 2. The van der Waals surface area contributed by atoms with E-state index >= 15 is 0 Å². The predicted octanol–water partition coefficient (Wildman–Crippen LogP) is 8.82. The molecule has 7 nitrogen and oxygen atoms in total. The maximum Gasteiger partial charge on any atom is 4.00 e. The summed E-state index contributed by atoms with van der Waals surface area (Å²) in [7, 11) is 1.99. The second kappa shape index (κ2) is 18.5. The fraction of sp³-hybridized carbons (Fsp3) is 0.116. The summed E-state index contributed by atoms with van der Waals surface area (Å²) in [4.78, 5) is 11.0. The van der Waals surface area contributed by atoms with Crippen LogP contribution in [0.15, 0.2) is 122 Å². The van der Waals surface area contributed by atoms with E-state index in [0.29, 0.717) is 23.0 Å². The third kappa shape index (κ3) is 9.85. The van der Waals surface area contributed by atoms with Gasteiger partial charge in [-0.25, -0.2) is 24.2 Å². The van der Waals surface area contributed by atoms with E-state index in [0.717, 1.165) is 46.8 Å². The van der Waals surface area contributed by atoms with Gasteiger partial charge in [-0.2, -0.15) is 43.1 Å². The van der Waals surface area contributed by atoms with Crippen LogP contribution >= 0.6 is 0 Å². The molecule has 0 amide bonds. The summed E-state index contributed by atoms with van der Waals surface area (Å²) in [5.41, 5.74) is 5.31. The van der Waals surface area contributed by atoms with Gasteiger partial charge in [-0.3, -0.25) is 11.1 Å². The summed E-state index contributed by atoms with van der Waals surface area (Å²) in [6.07, 6.45) is 18.1. The zero-order valence-corrected chi connectivity index (χ0v) is 32.7. The third-order valence-corrected chi connectivity index (χ3v) is 7.99. The molecule has 264 valence electrons. The SMILES string of the molecule is CN1C=CN(c2[c-]c(Oc3[c-]c(-c4cc(-c5[c-]c(Oc6[c-]cccc6)ccc5)[c-]cn4)cc(N4CCCC4)c3)ccc2)[CH-]1.[C-]#Cn1cccc1.[Pt+4].[Pt]. The van der Waals surface area contributed by atoms with Gasteiger partial charge in [0.25, 0.3) is 0 Å². The Hall–Kier alpha value is -5.01. The van der Waals surface area contributed by atoms with Crippen molar-refractivity contribution >= 4 is 11.4 Å². The molecule has 0 unspecified atom stereocenters. The number of hydrogen-bond acceptors (Lipinski definition) is 6. The summed E-state index contributed by atoms with van der Waals surface area (Å²) < 4.78 is 13.9. The minimum Gasteiger partial charge on any atom is -0.669 e. The normalized spacial score (nSPS) is 13.0. The molecule has 0 radical (unpaired) electrons. The first kappa shape index (κ1) is 38.2. The van der Waals surface area contributed by atoms with Gasteiger partial charge in [0.2, 0.25) is 0 Å². The summed E-state index contributed by atoms with van der Waals surface area (Å²) in [6.45, 7) is 4.01. The smallest absolute Gasteiger partial charge is 0.669 e. The van der Waals surface area contributed by atoms with E-state index in [1.807, 2.05) is 115 Å². The van der Waals surface area contributed by atoms with E-state index in [9.17, 15) is 0 Å². The average molecular weight is 1040 g/mol. The van der Waals surface area contributed by atoms with Crippen LogP contribution in [0.3, 0.4) is 0 Å². The van der Waals surface area contributed by atoms with Gasteiger partial charge in [-0.05, 0) is 50.1 Å². The first-order valence-corrected chi connectivity index (χ1v) is 16.3. The minimum atomic E-state index is 0. The average Bonchev–Trinajstić information content (AvgIpc) is 3.97. The van der Waals surface area contributed by atoms with E-state index in [4.69, 9.17) is 15.9 Å². The second-order valence-electron chi connectivity index (χ2n) is 11.6. The molecule has 0 bridgehead atoms. The fourth-order valence-corrected chi connectivity index (χ4v) is 5.56. The maximum absolute atomic E-state index is 6.57. The number of aromatic nitrogens is 2. The molecule has 4 aromatic carbocycles. The molecule has 0 spiro atoms. The predicted molar refractivity (Wildman–Crippen MR) is 194 cm³/mol. The monoisotopic (exact) mass is 1040 g/mol. The van der Waals surface area contributed by atoms with Crippen molar-refractivity contribution < 1.29 is 51.6 Å². The van der Waals surface area contributed by atoms with Gasteiger partial charge in [-0.1, -0.05) is 24.0 Å². The van der Waals surface area contributed by atoms with Crippen LogP contribution in [-0.4, -0.2) is 34.6 Å². The van der Waals surface area contributed by atoms with Crippen molar-refractivity contribution in [2.75, 3.05) is 29.9 Å². The van der Waals surface area contributed by atoms with Gasteiger partial charge in [-0.15, -0.1) is 53.7 Å². The fourth-order valence-electron chi connectivity index (χ4n) is 5.56. The van der Waals surface area contributed by atoms with Crippen LogP contribution in [0.5, 0.6) is 23.0 Å². The van der Waals surface area contributed by atoms with Crippen LogP contribution in [0.1, 0.15) is 12.8 Å². The zero-order chi connectivity index (χ0) is 34.1. The van der Waals surface area contributed by atoms with Gasteiger partial charge >= 0.3 is 21.1 Å². The molecule has 0 atom stereocenters. The van der Waals surface area contributed by atoms with Crippen LogP contribution in [0.2, 0.25) is 0 Å². The van der Waals surface area contributed by atoms with Crippen molar-refractivity contribution in [3.63, 3.8) is 0 Å². The van der Waals surface area contributed by atoms with Crippen LogP contribution in [0.4, 0.5) is 11.4 Å². The minimum absolute atomic E-state index is 0. The molecule has 0 aliphatic carbocycles. The number of nitrogens with zero attached hydrogens (tertiary/aromatic N) is 5. The molecule has 0 saturated carbocycles. The van der Waals surface area contributed by atoms with E-state index in [2.05, 4.69) is 58.4 Å². The molecule has 2 aliphatic heterocycles. The van der Waals surface area contributed by atoms with Gasteiger partial charge in [0.1, 0.15) is 0 Å². The molecule has 9 heteroatoms. The van der Waals surface area contributed by atoms with E-state index in [1.165, 1.54) is 12.8 Å². The molecule has 52 heavy (non-hydrogen) atoms. The summed E-state index contributed by atoms with van der Waals surface area (Å²) >= 11 is 0. The molecular formula is C43H32N5O2Pt2-3.